The maximum atomic E-state index is 5.42. The van der Waals surface area contributed by atoms with Gasteiger partial charge in [0.05, 0.1) is 12.4 Å². The number of aromatic nitrogens is 4. The lowest BCUT2D eigenvalue weighted by molar-refractivity contribution is 0.824. The third-order valence-electron chi connectivity index (χ3n) is 1.38. The van der Waals surface area contributed by atoms with Crippen LogP contribution in [0, 0.1) is 0 Å². The van der Waals surface area contributed by atoms with Gasteiger partial charge in [-0.1, -0.05) is 65.4 Å². The third-order valence-corrected chi connectivity index (χ3v) is 2.67. The smallest absolute Gasteiger partial charge is 0.171 e. The lowest BCUT2D eigenvalue weighted by Crippen LogP contribution is -1.92. The van der Waals surface area contributed by atoms with E-state index in [0.717, 1.165) is 0 Å². The average Bonchev–Trinajstić information content (AvgIpc) is 2.30. The number of anilines is 1. The lowest BCUT2D eigenvalue weighted by Gasteiger charge is -1.92. The molecule has 0 aliphatic carbocycles. The highest BCUT2D eigenvalue weighted by Crippen LogP contribution is 2.17. The zero-order valence-electron chi connectivity index (χ0n) is 9.62. The fourth-order valence-electron chi connectivity index (χ4n) is 0.698. The van der Waals surface area contributed by atoms with Crippen molar-refractivity contribution in [1.29, 1.82) is 0 Å². The summed E-state index contributed by atoms with van der Waals surface area (Å²) in [6.07, 6.45) is 2.66. The number of nitrogen functional groups attached to an aromatic ring is 1. The van der Waals surface area contributed by atoms with Gasteiger partial charge in [0.2, 0.25) is 0 Å². The molecule has 2 aromatic rings. The maximum Gasteiger partial charge on any atom is 0.171 e. The van der Waals surface area contributed by atoms with Crippen LogP contribution in [0.1, 0.15) is 7.43 Å². The Hall–Kier alpha value is -0.670. The summed E-state index contributed by atoms with van der Waals surface area (Å²) in [4.78, 5) is 14.5. The first kappa shape index (κ1) is 25.3. The second-order valence-corrected chi connectivity index (χ2v) is 4.49. The summed E-state index contributed by atoms with van der Waals surface area (Å²) < 4.78 is 0. The highest BCUT2D eigenvalue weighted by Gasteiger charge is 1.98. The molecule has 0 aliphatic rings. The molecule has 0 spiro atoms. The summed E-state index contributed by atoms with van der Waals surface area (Å²) in [6.45, 7) is 0. The number of hydrogen-bond donors (Lipinski definition) is 2. The van der Waals surface area contributed by atoms with Gasteiger partial charge in [-0.2, -0.15) is 0 Å². The van der Waals surface area contributed by atoms with Gasteiger partial charge in [0.25, 0.3) is 0 Å². The fourth-order valence-corrected chi connectivity index (χ4v) is 1.34. The van der Waals surface area contributed by atoms with Crippen molar-refractivity contribution in [1.82, 2.24) is 26.1 Å². The van der Waals surface area contributed by atoms with Gasteiger partial charge in [-0.15, -0.1) is 0 Å². The highest BCUT2D eigenvalue weighted by molar-refractivity contribution is 6.41. The Kier molecular flexibility index (Phi) is 14.4. The van der Waals surface area contributed by atoms with Gasteiger partial charge >= 0.3 is 0 Å². The minimum Gasteiger partial charge on any atom is -0.412 e. The summed E-state index contributed by atoms with van der Waals surface area (Å²) >= 11 is 27.1. The van der Waals surface area contributed by atoms with Crippen LogP contribution in [0.5, 0.6) is 0 Å². The van der Waals surface area contributed by atoms with E-state index < -0.39 is 0 Å². The van der Waals surface area contributed by atoms with Crippen molar-refractivity contribution >= 4 is 63.8 Å². The van der Waals surface area contributed by atoms with E-state index in [1.165, 1.54) is 12.4 Å². The molecule has 0 atom stereocenters. The predicted molar refractivity (Wildman–Crippen MR) is 88.9 cm³/mol. The Labute approximate surface area is 146 Å². The normalized spacial score (nSPS) is 8.24. The van der Waals surface area contributed by atoms with Crippen molar-refractivity contribution in [2.75, 3.05) is 5.73 Å². The number of halogens is 5. The van der Waals surface area contributed by atoms with Gasteiger partial charge in [-0.3, -0.25) is 0 Å². The Morgan fingerprint density at radius 3 is 1.52 bits per heavy atom. The molecule has 21 heavy (non-hydrogen) atoms. The molecule has 2 heterocycles. The largest absolute Gasteiger partial charge is 0.412 e. The van der Waals surface area contributed by atoms with Gasteiger partial charge in [-0.05, 0) is 0 Å². The second-order valence-electron chi connectivity index (χ2n) is 2.64. The monoisotopic (exact) mass is 396 g/mol. The SMILES string of the molecule is C.Clc1cnc(Cl)c(Cl)n1.N.Nc1nc(Cl)cnc1Cl.O. The Balaban J connectivity index is -0.000000270. The van der Waals surface area contributed by atoms with Crippen molar-refractivity contribution in [2.24, 2.45) is 0 Å². The number of nitrogens with zero attached hydrogens (tertiary/aromatic N) is 4. The topological polar surface area (TPSA) is 144 Å². The van der Waals surface area contributed by atoms with Gasteiger partial charge in [0.15, 0.2) is 21.3 Å². The van der Waals surface area contributed by atoms with E-state index in [9.17, 15) is 0 Å². The molecule has 7 nitrogen and oxygen atoms in total. The molecule has 7 N–H and O–H groups in total. The molecular weight excluding hydrogens is 385 g/mol. The van der Waals surface area contributed by atoms with Crippen LogP contribution in [0.4, 0.5) is 5.82 Å². The van der Waals surface area contributed by atoms with Crippen LogP contribution < -0.4 is 11.9 Å². The molecule has 0 aliphatic heterocycles. The van der Waals surface area contributed by atoms with E-state index in [-0.39, 0.29) is 50.6 Å². The number of nitrogens with two attached hydrogens (primary N) is 1. The predicted octanol–water partition coefficient (Wildman–Crippen LogP) is 3.78. The van der Waals surface area contributed by atoms with Crippen molar-refractivity contribution in [3.05, 3.63) is 38.2 Å². The standard InChI is InChI=1S/C4HCl3N2.C4H3Cl2N3.CH4.H3N.H2O/c2*5-2-1-8-3(6)4(7)9-2;;;/h1H;1H,(H2,7,9);1H4;1H3;1H2. The Morgan fingerprint density at radius 1 is 0.762 bits per heavy atom. The van der Waals surface area contributed by atoms with Crippen LogP contribution in [-0.2, 0) is 0 Å². The quantitative estimate of drug-likeness (QED) is 0.691. The van der Waals surface area contributed by atoms with Crippen LogP contribution in [0.25, 0.3) is 0 Å². The Morgan fingerprint density at radius 2 is 1.19 bits per heavy atom. The summed E-state index contributed by atoms with van der Waals surface area (Å²) in [7, 11) is 0. The molecule has 0 bridgehead atoms. The minimum absolute atomic E-state index is 0. The number of hydrogen-bond acceptors (Lipinski definition) is 6. The average molecular weight is 399 g/mol. The van der Waals surface area contributed by atoms with Gasteiger partial charge < -0.3 is 17.4 Å². The molecule has 0 fully saturated rings. The molecule has 0 aromatic carbocycles. The minimum atomic E-state index is 0. The molecule has 0 saturated carbocycles. The summed E-state index contributed by atoms with van der Waals surface area (Å²) in [6, 6.07) is 0. The van der Waals surface area contributed by atoms with Gasteiger partial charge in [0.1, 0.15) is 10.3 Å². The van der Waals surface area contributed by atoms with Gasteiger partial charge in [-0.25, -0.2) is 19.9 Å². The van der Waals surface area contributed by atoms with Crippen LogP contribution in [0.15, 0.2) is 12.4 Å². The molecule has 0 saturated heterocycles. The van der Waals surface area contributed by atoms with Crippen LogP contribution in [-0.4, -0.2) is 25.4 Å². The molecule has 0 unspecified atom stereocenters. The van der Waals surface area contributed by atoms with Crippen molar-refractivity contribution in [3.63, 3.8) is 0 Å². The first-order valence-electron chi connectivity index (χ1n) is 4.17. The summed E-state index contributed by atoms with van der Waals surface area (Å²) in [5, 5.41) is 0.964. The Bertz CT molecular complexity index is 509. The van der Waals surface area contributed by atoms with Crippen LogP contribution in [0.2, 0.25) is 25.8 Å². The highest BCUT2D eigenvalue weighted by atomic mass is 35.5. The molecule has 2 rings (SSSR count). The molecule has 0 amide bonds. The van der Waals surface area contributed by atoms with Crippen molar-refractivity contribution in [2.45, 2.75) is 7.43 Å². The van der Waals surface area contributed by atoms with Crippen LogP contribution in [0.3, 0.4) is 0 Å². The van der Waals surface area contributed by atoms with E-state index in [2.05, 4.69) is 19.9 Å². The molecule has 0 radical (unpaired) electrons. The van der Waals surface area contributed by atoms with Crippen molar-refractivity contribution in [3.8, 4) is 0 Å². The first-order chi connectivity index (χ1) is 8.40. The third kappa shape index (κ3) is 9.05. The molecule has 120 valence electrons. The first-order valence-corrected chi connectivity index (χ1v) is 6.06. The van der Waals surface area contributed by atoms with E-state index in [1.54, 1.807) is 0 Å². The number of rotatable bonds is 0. The zero-order valence-corrected chi connectivity index (χ0v) is 13.4. The summed E-state index contributed by atoms with van der Waals surface area (Å²) in [5.41, 5.74) is 5.23. The maximum absolute atomic E-state index is 5.42. The van der Waals surface area contributed by atoms with E-state index in [0.29, 0.717) is 0 Å². The van der Waals surface area contributed by atoms with Gasteiger partial charge in [0, 0.05) is 0 Å². The fraction of sp³-hybridized carbons (Fsp3) is 0.111. The molecule has 2 aromatic heterocycles. The van der Waals surface area contributed by atoms with E-state index >= 15 is 0 Å². The van der Waals surface area contributed by atoms with Crippen LogP contribution >= 0.6 is 58.0 Å². The lowest BCUT2D eigenvalue weighted by atomic mass is 10.7. The van der Waals surface area contributed by atoms with E-state index in [4.69, 9.17) is 63.7 Å². The molecule has 12 heteroatoms. The molecular formula is C9H13Cl5N6O. The van der Waals surface area contributed by atoms with Crippen molar-refractivity contribution < 1.29 is 5.48 Å². The van der Waals surface area contributed by atoms with E-state index in [1.807, 2.05) is 0 Å². The summed E-state index contributed by atoms with van der Waals surface area (Å²) in [5.74, 6) is 0.157. The second kappa shape index (κ2) is 11.9. The zero-order chi connectivity index (χ0) is 13.7.